The van der Waals surface area contributed by atoms with Gasteiger partial charge in [0.1, 0.15) is 5.75 Å². The highest BCUT2D eigenvalue weighted by atomic mass is 16.5. The normalized spacial score (nSPS) is 11.1. The van der Waals surface area contributed by atoms with Crippen LogP contribution in [0.2, 0.25) is 0 Å². The Labute approximate surface area is 263 Å². The summed E-state index contributed by atoms with van der Waals surface area (Å²) in [6, 6.07) is 7.07. The minimum absolute atomic E-state index is 0.00972. The summed E-state index contributed by atoms with van der Waals surface area (Å²) in [4.78, 5) is 44.9. The third kappa shape index (κ3) is 24.2. The van der Waals surface area contributed by atoms with E-state index in [1.165, 1.54) is 0 Å². The van der Waals surface area contributed by atoms with Gasteiger partial charge in [-0.1, -0.05) is 31.0 Å². The van der Waals surface area contributed by atoms with Gasteiger partial charge in [-0.25, -0.2) is 0 Å². The van der Waals surface area contributed by atoms with Crippen molar-refractivity contribution in [1.82, 2.24) is 26.6 Å². The molecule has 0 aliphatic heterocycles. The van der Waals surface area contributed by atoms with Crippen LogP contribution in [0.1, 0.15) is 69.8 Å². The number of unbranched alkanes of at least 4 members (excludes halogenated alkanes) is 3. The van der Waals surface area contributed by atoms with Crippen LogP contribution in [0.25, 0.3) is 0 Å². The first kappa shape index (κ1) is 40.7. The average Bonchev–Trinajstić information content (AvgIpc) is 3.02. The molecule has 252 valence electrons. The number of likely N-dealkylation sites (N-methyl/N-ethyl adjacent to an activating group) is 1. The number of rotatable bonds is 25. The van der Waals surface area contributed by atoms with Crippen molar-refractivity contribution in [2.75, 3.05) is 60.0 Å². The van der Waals surface area contributed by atoms with Crippen LogP contribution in [-0.2, 0) is 25.6 Å². The molecular weight excluding hydrogens is 564 g/mol. The Morgan fingerprint density at radius 3 is 2.02 bits per heavy atom. The average molecular weight is 623 g/mol. The van der Waals surface area contributed by atoms with E-state index in [-0.39, 0.29) is 30.6 Å². The van der Waals surface area contributed by atoms with Crippen molar-refractivity contribution in [3.8, 4) is 5.75 Å². The number of carbonyl (C=O) groups excluding carboxylic acids is 4. The van der Waals surface area contributed by atoms with Crippen molar-refractivity contribution in [2.45, 2.75) is 76.7 Å². The molecule has 0 aromatic heterocycles. The summed E-state index contributed by atoms with van der Waals surface area (Å²) in [5.41, 5.74) is 17.2. The molecule has 0 heterocycles. The second-order valence-corrected chi connectivity index (χ2v) is 10.4. The predicted octanol–water partition coefficient (Wildman–Crippen LogP) is 0.0540. The molecule has 0 aliphatic carbocycles. The number of ether oxygens (including phenoxy) is 1. The third-order valence-electron chi connectivity index (χ3n) is 6.62. The number of benzene rings is 1. The molecule has 4 amide bonds. The molecule has 1 rings (SSSR count). The van der Waals surface area contributed by atoms with Crippen molar-refractivity contribution in [1.29, 1.82) is 0 Å². The Kier molecular flexibility index (Phi) is 26.4. The number of nitrogens with one attached hydrogen (secondary N) is 5. The number of carbonyl (C=O) groups is 4. The van der Waals surface area contributed by atoms with Gasteiger partial charge in [-0.2, -0.15) is 0 Å². The Morgan fingerprint density at radius 2 is 1.39 bits per heavy atom. The van der Waals surface area contributed by atoms with Gasteiger partial charge in [0.25, 0.3) is 0 Å². The van der Waals surface area contributed by atoms with E-state index in [0.29, 0.717) is 32.5 Å². The highest BCUT2D eigenvalue weighted by Crippen LogP contribution is 2.17. The van der Waals surface area contributed by atoms with Crippen molar-refractivity contribution in [3.63, 3.8) is 0 Å². The molecule has 13 nitrogen and oxygen atoms in total. The van der Waals surface area contributed by atoms with Crippen LogP contribution in [0.15, 0.2) is 24.3 Å². The third-order valence-corrected chi connectivity index (χ3v) is 6.62. The van der Waals surface area contributed by atoms with Gasteiger partial charge in [-0.15, -0.1) is 0 Å². The maximum atomic E-state index is 11.8. The molecule has 13 heteroatoms. The molecule has 0 spiro atoms. The summed E-state index contributed by atoms with van der Waals surface area (Å²) in [5.74, 6) is 0.103. The predicted molar refractivity (Wildman–Crippen MR) is 175 cm³/mol. The largest absolute Gasteiger partial charge is 0.496 e. The Bertz CT molecular complexity index is 919. The fourth-order valence-corrected chi connectivity index (χ4v) is 4.00. The molecule has 0 aliphatic rings. The van der Waals surface area contributed by atoms with Crippen molar-refractivity contribution < 1.29 is 23.9 Å². The molecular formula is C31H58N8O5. The van der Waals surface area contributed by atoms with Crippen LogP contribution in [0, 0.1) is 0 Å². The maximum absolute atomic E-state index is 11.8. The molecule has 1 unspecified atom stereocenters. The molecule has 0 radical (unpaired) electrons. The lowest BCUT2D eigenvalue weighted by atomic mass is 10.1. The first-order valence-electron chi connectivity index (χ1n) is 15.8. The van der Waals surface area contributed by atoms with Gasteiger partial charge >= 0.3 is 0 Å². The van der Waals surface area contributed by atoms with Crippen molar-refractivity contribution in [3.05, 3.63) is 29.8 Å². The van der Waals surface area contributed by atoms with Gasteiger partial charge in [0.05, 0.1) is 19.6 Å². The second-order valence-electron chi connectivity index (χ2n) is 10.4. The molecule has 0 saturated heterocycles. The Morgan fingerprint density at radius 1 is 0.773 bits per heavy atom. The quantitative estimate of drug-likeness (QED) is 0.0691. The van der Waals surface area contributed by atoms with E-state index in [0.717, 1.165) is 82.4 Å². The molecule has 0 fully saturated rings. The number of methoxy groups -OCH3 is 1. The number of para-hydroxylation sites is 1. The topological polar surface area (TPSA) is 216 Å². The first-order chi connectivity index (χ1) is 21.2. The summed E-state index contributed by atoms with van der Waals surface area (Å²) in [6.07, 6.45) is 8.09. The highest BCUT2D eigenvalue weighted by molar-refractivity contribution is 5.82. The van der Waals surface area contributed by atoms with E-state index < -0.39 is 11.9 Å². The van der Waals surface area contributed by atoms with Crippen LogP contribution in [0.5, 0.6) is 5.75 Å². The molecule has 0 bridgehead atoms. The molecule has 1 aromatic carbocycles. The summed E-state index contributed by atoms with van der Waals surface area (Å²) in [7, 11) is 3.22. The van der Waals surface area contributed by atoms with E-state index in [1.54, 1.807) is 14.2 Å². The van der Waals surface area contributed by atoms with Crippen molar-refractivity contribution in [2.24, 2.45) is 17.2 Å². The fraction of sp³-hybridized carbons (Fsp3) is 0.677. The molecule has 1 aromatic rings. The van der Waals surface area contributed by atoms with E-state index in [4.69, 9.17) is 21.9 Å². The SMILES string of the molecule is CNC(=O)Cc1ccccc1OC.NCCCCC(N)C(=O)NCCCNCCCNCCCCCNC(=O)CCC(N)=O. The van der Waals surface area contributed by atoms with Crippen LogP contribution < -0.4 is 48.5 Å². The summed E-state index contributed by atoms with van der Waals surface area (Å²) in [6.45, 7) is 5.66. The van der Waals surface area contributed by atoms with Gasteiger partial charge in [-0.3, -0.25) is 19.2 Å². The molecule has 11 N–H and O–H groups in total. The van der Waals surface area contributed by atoms with E-state index in [9.17, 15) is 19.2 Å². The van der Waals surface area contributed by atoms with Gasteiger partial charge in [0.15, 0.2) is 0 Å². The van der Waals surface area contributed by atoms with Crippen LogP contribution >= 0.6 is 0 Å². The van der Waals surface area contributed by atoms with Crippen LogP contribution in [-0.4, -0.2) is 89.6 Å². The lowest BCUT2D eigenvalue weighted by molar-refractivity contribution is -0.125. The number of primary amides is 1. The van der Waals surface area contributed by atoms with Crippen molar-refractivity contribution >= 4 is 23.6 Å². The zero-order chi connectivity index (χ0) is 32.8. The van der Waals surface area contributed by atoms with Gasteiger partial charge in [-0.05, 0) is 77.3 Å². The second kappa shape index (κ2) is 28.5. The van der Waals surface area contributed by atoms with E-state index >= 15 is 0 Å². The minimum Gasteiger partial charge on any atom is -0.496 e. The van der Waals surface area contributed by atoms with Crippen LogP contribution in [0.4, 0.5) is 0 Å². The first-order valence-corrected chi connectivity index (χ1v) is 15.8. The number of hydrogen-bond donors (Lipinski definition) is 8. The van der Waals surface area contributed by atoms with Gasteiger partial charge < -0.3 is 48.5 Å². The number of hydrogen-bond acceptors (Lipinski definition) is 9. The zero-order valence-electron chi connectivity index (χ0n) is 26.9. The summed E-state index contributed by atoms with van der Waals surface area (Å²) in [5, 5.41) is 15.0. The minimum atomic E-state index is -0.449. The van der Waals surface area contributed by atoms with E-state index in [2.05, 4.69) is 26.6 Å². The lowest BCUT2D eigenvalue weighted by Crippen LogP contribution is -2.41. The smallest absolute Gasteiger partial charge is 0.236 e. The fourth-order valence-electron chi connectivity index (χ4n) is 4.00. The zero-order valence-corrected chi connectivity index (χ0v) is 26.9. The summed E-state index contributed by atoms with van der Waals surface area (Å²) < 4.78 is 5.11. The Hall–Kier alpha value is -3.26. The van der Waals surface area contributed by atoms with Gasteiger partial charge in [0.2, 0.25) is 23.6 Å². The summed E-state index contributed by atoms with van der Waals surface area (Å²) >= 11 is 0. The molecule has 1 atom stereocenters. The number of amides is 4. The molecule has 44 heavy (non-hydrogen) atoms. The maximum Gasteiger partial charge on any atom is 0.236 e. The van der Waals surface area contributed by atoms with Crippen LogP contribution in [0.3, 0.4) is 0 Å². The molecule has 0 saturated carbocycles. The lowest BCUT2D eigenvalue weighted by Gasteiger charge is -2.12. The Balaban J connectivity index is 0.00000117. The highest BCUT2D eigenvalue weighted by Gasteiger charge is 2.11. The van der Waals surface area contributed by atoms with E-state index in [1.807, 2.05) is 24.3 Å². The standard InChI is InChI=1S/C21H45N7O3.C10H13NO2/c22-11-3-2-8-18(23)21(31)28-17-7-15-26-14-6-13-25-12-4-1-5-16-27-20(30)10-9-19(24)29;1-11-10(12)7-8-5-3-4-6-9(8)13-2/h18,25-26H,1-17,22-23H2,(H2,24,29)(H,27,30)(H,28,31);3-6H,7H2,1-2H3,(H,11,12). The number of nitrogens with two attached hydrogens (primary N) is 3. The van der Waals surface area contributed by atoms with Gasteiger partial charge in [0, 0.05) is 38.5 Å². The monoisotopic (exact) mass is 622 g/mol.